The molecule has 8 unspecified atom stereocenters. The van der Waals surface area contributed by atoms with E-state index >= 15 is 0 Å². The summed E-state index contributed by atoms with van der Waals surface area (Å²) in [6.07, 6.45) is -2.87. The third-order valence-corrected chi connectivity index (χ3v) is 14.6. The molecule has 0 aromatic rings. The van der Waals surface area contributed by atoms with E-state index in [2.05, 4.69) is 34.6 Å². The molecule has 6 rings (SSSR count). The molecule has 6 fully saturated rings. The molecule has 44 heavy (non-hydrogen) atoms. The van der Waals surface area contributed by atoms with Gasteiger partial charge in [0.05, 0.1) is 23.9 Å². The molecule has 2 spiro atoms. The molecule has 1 saturated heterocycles. The Kier molecular flexibility index (Phi) is 7.09. The van der Waals surface area contributed by atoms with Crippen LogP contribution in [0.1, 0.15) is 107 Å². The van der Waals surface area contributed by atoms with Crippen molar-refractivity contribution in [2.45, 2.75) is 149 Å². The van der Waals surface area contributed by atoms with Gasteiger partial charge in [-0.15, -0.1) is 0 Å². The summed E-state index contributed by atoms with van der Waals surface area (Å²) in [6.45, 7) is 14.9. The van der Waals surface area contributed by atoms with Gasteiger partial charge < -0.3 is 24.4 Å². The molecule has 6 aliphatic rings. The number of aliphatic hydroxyl groups excluding tert-OH is 1. The predicted molar refractivity (Wildman–Crippen MR) is 154 cm³/mol. The fourth-order valence-electron chi connectivity index (χ4n) is 12.7. The van der Waals surface area contributed by atoms with E-state index in [1.807, 2.05) is 0 Å². The number of hydrogen-bond donors (Lipinski definition) is 2. The SMILES string of the molecule is CC(=O)OC(C1C[C@@H](C)[C@H]2C(O1)[C@H](OC(=O)C(F)(F)F)[C@@]1(C)C3CC[C@H]4C(C)(C)C(O)CCC45CC35CCC21C)C(C)(C)O. The fourth-order valence-corrected chi connectivity index (χ4v) is 12.7. The Balaban J connectivity index is 1.44. The Morgan fingerprint density at radius 2 is 1.59 bits per heavy atom. The van der Waals surface area contributed by atoms with Crippen LogP contribution in [0, 0.1) is 50.7 Å². The highest BCUT2D eigenvalue weighted by Gasteiger charge is 2.85. The van der Waals surface area contributed by atoms with Crippen LogP contribution in [0.5, 0.6) is 0 Å². The van der Waals surface area contributed by atoms with Crippen LogP contribution >= 0.6 is 0 Å². The van der Waals surface area contributed by atoms with Crippen molar-refractivity contribution >= 4 is 11.9 Å². The Hall–Kier alpha value is -1.39. The highest BCUT2D eigenvalue weighted by molar-refractivity contribution is 5.76. The van der Waals surface area contributed by atoms with Gasteiger partial charge in [0.1, 0.15) is 6.10 Å². The number of esters is 2. The van der Waals surface area contributed by atoms with Crippen LogP contribution in [0.15, 0.2) is 0 Å². The van der Waals surface area contributed by atoms with Gasteiger partial charge in [-0.05, 0) is 111 Å². The van der Waals surface area contributed by atoms with Gasteiger partial charge in [0.15, 0.2) is 6.10 Å². The summed E-state index contributed by atoms with van der Waals surface area (Å²) in [5, 5.41) is 22.0. The molecule has 10 heteroatoms. The number of carbonyl (C=O) groups excluding carboxylic acids is 2. The van der Waals surface area contributed by atoms with Crippen LogP contribution < -0.4 is 0 Å². The first-order valence-corrected chi connectivity index (χ1v) is 16.6. The van der Waals surface area contributed by atoms with E-state index < -0.39 is 59.0 Å². The highest BCUT2D eigenvalue weighted by atomic mass is 19.4. The van der Waals surface area contributed by atoms with Gasteiger partial charge in [-0.1, -0.05) is 34.6 Å². The smallest absolute Gasteiger partial charge is 0.457 e. The average Bonchev–Trinajstić information content (AvgIpc) is 3.51. The summed E-state index contributed by atoms with van der Waals surface area (Å²) in [7, 11) is 0. The monoisotopic (exact) mass is 628 g/mol. The summed E-state index contributed by atoms with van der Waals surface area (Å²) in [6, 6.07) is 0. The number of fused-ring (bicyclic) bond motifs is 4. The lowest BCUT2D eigenvalue weighted by molar-refractivity contribution is -0.238. The van der Waals surface area contributed by atoms with E-state index in [0.29, 0.717) is 12.3 Å². The molecule has 0 aromatic heterocycles. The summed E-state index contributed by atoms with van der Waals surface area (Å²) in [4.78, 5) is 24.7. The first-order chi connectivity index (χ1) is 20.1. The molecule has 0 aromatic carbocycles. The fraction of sp³-hybridized carbons (Fsp3) is 0.941. The number of rotatable bonds is 4. The van der Waals surface area contributed by atoms with Crippen molar-refractivity contribution in [1.82, 2.24) is 0 Å². The number of aliphatic hydroxyl groups is 2. The molecule has 13 atom stereocenters. The van der Waals surface area contributed by atoms with E-state index in [-0.39, 0.29) is 40.1 Å². The zero-order valence-electron chi connectivity index (χ0n) is 27.4. The minimum Gasteiger partial charge on any atom is -0.457 e. The van der Waals surface area contributed by atoms with Crippen LogP contribution in [0.2, 0.25) is 0 Å². The molecule has 250 valence electrons. The number of alkyl halides is 3. The molecule has 7 nitrogen and oxygen atoms in total. The maximum Gasteiger partial charge on any atom is 0.490 e. The number of carbonyl (C=O) groups is 2. The van der Waals surface area contributed by atoms with Gasteiger partial charge in [-0.2, -0.15) is 13.2 Å². The Bertz CT molecular complexity index is 1210. The van der Waals surface area contributed by atoms with Gasteiger partial charge in [-0.25, -0.2) is 4.79 Å². The summed E-state index contributed by atoms with van der Waals surface area (Å²) >= 11 is 0. The average molecular weight is 629 g/mol. The lowest BCUT2D eigenvalue weighted by Crippen LogP contribution is -2.60. The maximum atomic E-state index is 13.9. The number of hydrogen-bond acceptors (Lipinski definition) is 7. The molecule has 0 bridgehead atoms. The van der Waals surface area contributed by atoms with Crippen molar-refractivity contribution in [3.63, 3.8) is 0 Å². The molecule has 0 radical (unpaired) electrons. The molecule has 5 saturated carbocycles. The topological polar surface area (TPSA) is 102 Å². The Morgan fingerprint density at radius 1 is 0.977 bits per heavy atom. The number of halogens is 3. The summed E-state index contributed by atoms with van der Waals surface area (Å²) in [5.74, 6) is -2.68. The second kappa shape index (κ2) is 9.59. The second-order valence-corrected chi connectivity index (χ2v) is 17.1. The van der Waals surface area contributed by atoms with Crippen LogP contribution in [0.3, 0.4) is 0 Å². The molecule has 1 aliphatic heterocycles. The maximum absolute atomic E-state index is 13.9. The molecule has 0 amide bonds. The molecule has 5 aliphatic carbocycles. The van der Waals surface area contributed by atoms with Crippen molar-refractivity contribution in [2.24, 2.45) is 50.7 Å². The largest absolute Gasteiger partial charge is 0.490 e. The minimum absolute atomic E-state index is 0.0282. The lowest BCUT2D eigenvalue weighted by Gasteiger charge is -2.63. The van der Waals surface area contributed by atoms with Gasteiger partial charge in [0.2, 0.25) is 0 Å². The quantitative estimate of drug-likeness (QED) is 0.370. The lowest BCUT2D eigenvalue weighted by atomic mass is 9.41. The van der Waals surface area contributed by atoms with Gasteiger partial charge in [0.25, 0.3) is 0 Å². The van der Waals surface area contributed by atoms with Crippen molar-refractivity contribution in [1.29, 1.82) is 0 Å². The van der Waals surface area contributed by atoms with E-state index in [1.54, 1.807) is 0 Å². The second-order valence-electron chi connectivity index (χ2n) is 17.1. The van der Waals surface area contributed by atoms with E-state index in [9.17, 15) is 33.0 Å². The summed E-state index contributed by atoms with van der Waals surface area (Å²) in [5.41, 5.74) is -3.03. The van der Waals surface area contributed by atoms with E-state index in [1.165, 1.54) is 20.8 Å². The molecular formula is C34H51F3O7. The van der Waals surface area contributed by atoms with Crippen LogP contribution in [0.4, 0.5) is 13.2 Å². The van der Waals surface area contributed by atoms with Crippen molar-refractivity contribution in [3.8, 4) is 0 Å². The van der Waals surface area contributed by atoms with Crippen molar-refractivity contribution < 1.29 is 47.2 Å². The first kappa shape index (κ1) is 32.5. The normalized spacial score (nSPS) is 49.8. The van der Waals surface area contributed by atoms with E-state index in [4.69, 9.17) is 14.2 Å². The third kappa shape index (κ3) is 4.10. The third-order valence-electron chi connectivity index (χ3n) is 14.6. The van der Waals surface area contributed by atoms with Gasteiger partial charge >= 0.3 is 18.1 Å². The van der Waals surface area contributed by atoms with Crippen LogP contribution in [0.25, 0.3) is 0 Å². The molecular weight excluding hydrogens is 577 g/mol. The Morgan fingerprint density at radius 3 is 2.18 bits per heavy atom. The Labute approximate surface area is 258 Å². The van der Waals surface area contributed by atoms with E-state index in [0.717, 1.165) is 44.9 Å². The number of ether oxygens (including phenoxy) is 3. The van der Waals surface area contributed by atoms with Crippen LogP contribution in [-0.4, -0.2) is 64.4 Å². The molecule has 2 N–H and O–H groups in total. The van der Waals surface area contributed by atoms with Crippen LogP contribution in [-0.2, 0) is 23.8 Å². The van der Waals surface area contributed by atoms with Gasteiger partial charge in [-0.3, -0.25) is 4.79 Å². The van der Waals surface area contributed by atoms with Gasteiger partial charge in [0, 0.05) is 12.3 Å². The zero-order valence-corrected chi connectivity index (χ0v) is 27.4. The predicted octanol–water partition coefficient (Wildman–Crippen LogP) is 5.98. The summed E-state index contributed by atoms with van der Waals surface area (Å²) < 4.78 is 59.5. The van der Waals surface area contributed by atoms with Crippen molar-refractivity contribution in [3.05, 3.63) is 0 Å². The minimum atomic E-state index is -5.16. The van der Waals surface area contributed by atoms with Crippen molar-refractivity contribution in [2.75, 3.05) is 0 Å². The standard InChI is InChI=1S/C34H51F3O7/c1-17-15-19(25(29(5,6)41)42-18(2)38)43-24-23(17)30(7)13-14-33-16-32(33)12-11-22(39)28(3,4)20(32)9-10-21(33)31(30,8)26(24)44-27(40)34(35,36)37/h17,19-26,39,41H,9-16H2,1-8H3/t17-,19?,20+,21?,22?,23+,24?,25?,26+,30?,31-,32?,33?/m1/s1. The molecule has 1 heterocycles. The highest BCUT2D eigenvalue weighted by Crippen LogP contribution is 2.89. The first-order valence-electron chi connectivity index (χ1n) is 16.6. The zero-order chi connectivity index (χ0) is 32.6.